The maximum Gasteiger partial charge on any atom is 0.221 e. The Kier molecular flexibility index (Phi) is 5.35. The van der Waals surface area contributed by atoms with Crippen LogP contribution in [0.4, 0.5) is 0 Å². The van der Waals surface area contributed by atoms with Crippen molar-refractivity contribution in [2.45, 2.75) is 39.2 Å². The number of carbonyl (C=O) groups is 1. The number of amides is 1. The van der Waals surface area contributed by atoms with Gasteiger partial charge in [-0.1, -0.05) is 29.8 Å². The summed E-state index contributed by atoms with van der Waals surface area (Å²) in [7, 11) is 1.88. The van der Waals surface area contributed by atoms with Gasteiger partial charge in [-0.05, 0) is 39.8 Å². The average molecular weight is 248 g/mol. The van der Waals surface area contributed by atoms with Crippen LogP contribution in [-0.2, 0) is 11.2 Å². The lowest BCUT2D eigenvalue weighted by atomic mass is 10.0. The molecule has 1 aromatic carbocycles. The summed E-state index contributed by atoms with van der Waals surface area (Å²) in [5, 5.41) is 6.09. The van der Waals surface area contributed by atoms with Crippen LogP contribution in [0, 0.1) is 6.92 Å². The highest BCUT2D eigenvalue weighted by molar-refractivity contribution is 5.77. The van der Waals surface area contributed by atoms with Crippen LogP contribution in [0.3, 0.4) is 0 Å². The molecule has 0 aliphatic heterocycles. The maximum absolute atomic E-state index is 11.7. The first kappa shape index (κ1) is 14.7. The first-order valence-electron chi connectivity index (χ1n) is 6.44. The van der Waals surface area contributed by atoms with Crippen molar-refractivity contribution in [1.82, 2.24) is 10.6 Å². The molecule has 0 aromatic heterocycles. The molecule has 3 nitrogen and oxygen atoms in total. The topological polar surface area (TPSA) is 41.1 Å². The van der Waals surface area contributed by atoms with Crippen molar-refractivity contribution in [3.05, 3.63) is 35.4 Å². The molecule has 100 valence electrons. The molecular weight excluding hydrogens is 224 g/mol. The van der Waals surface area contributed by atoms with Gasteiger partial charge in [-0.25, -0.2) is 0 Å². The average Bonchev–Trinajstić information content (AvgIpc) is 2.28. The van der Waals surface area contributed by atoms with Crippen LogP contribution in [0.1, 0.15) is 31.4 Å². The Balaban J connectivity index is 2.32. The second-order valence-electron chi connectivity index (χ2n) is 5.40. The minimum Gasteiger partial charge on any atom is -0.356 e. The lowest BCUT2D eigenvalue weighted by Crippen LogP contribution is -2.42. The van der Waals surface area contributed by atoms with Gasteiger partial charge in [-0.15, -0.1) is 0 Å². The van der Waals surface area contributed by atoms with Crippen LogP contribution in [0.5, 0.6) is 0 Å². The summed E-state index contributed by atoms with van der Waals surface area (Å²) in [5.74, 6) is 0.0991. The van der Waals surface area contributed by atoms with Crippen molar-refractivity contribution in [3.8, 4) is 0 Å². The van der Waals surface area contributed by atoms with E-state index in [-0.39, 0.29) is 11.4 Å². The number of hydrogen-bond donors (Lipinski definition) is 2. The Morgan fingerprint density at radius 3 is 2.67 bits per heavy atom. The quantitative estimate of drug-likeness (QED) is 0.809. The number of carbonyl (C=O) groups excluding carboxylic acids is 1. The predicted molar refractivity (Wildman–Crippen MR) is 75.6 cm³/mol. The molecule has 0 atom stereocenters. The van der Waals surface area contributed by atoms with Crippen molar-refractivity contribution in [1.29, 1.82) is 0 Å². The molecule has 3 heteroatoms. The number of aryl methyl sites for hydroxylation is 1. The first-order valence-corrected chi connectivity index (χ1v) is 6.44. The van der Waals surface area contributed by atoms with Crippen molar-refractivity contribution in [2.24, 2.45) is 0 Å². The van der Waals surface area contributed by atoms with E-state index >= 15 is 0 Å². The van der Waals surface area contributed by atoms with Gasteiger partial charge in [-0.2, -0.15) is 0 Å². The highest BCUT2D eigenvalue weighted by Gasteiger charge is 2.18. The normalized spacial score (nSPS) is 11.3. The number of nitrogens with one attached hydrogen (secondary N) is 2. The maximum atomic E-state index is 11.7. The fourth-order valence-electron chi connectivity index (χ4n) is 1.77. The van der Waals surface area contributed by atoms with Gasteiger partial charge in [0.1, 0.15) is 0 Å². The van der Waals surface area contributed by atoms with Gasteiger partial charge in [0.2, 0.25) is 5.91 Å². The Labute approximate surface area is 110 Å². The zero-order chi connectivity index (χ0) is 13.6. The van der Waals surface area contributed by atoms with Crippen molar-refractivity contribution in [3.63, 3.8) is 0 Å². The highest BCUT2D eigenvalue weighted by atomic mass is 16.1. The Bertz CT molecular complexity index is 399. The molecule has 1 aromatic rings. The fourth-order valence-corrected chi connectivity index (χ4v) is 1.77. The van der Waals surface area contributed by atoms with Crippen LogP contribution in [0.15, 0.2) is 24.3 Å². The molecule has 1 amide bonds. The minimum atomic E-state index is -0.145. The van der Waals surface area contributed by atoms with E-state index in [0.29, 0.717) is 13.0 Å². The summed E-state index contributed by atoms with van der Waals surface area (Å²) in [6.45, 7) is 6.82. The minimum absolute atomic E-state index is 0.0991. The lowest BCUT2D eigenvalue weighted by Gasteiger charge is -2.23. The van der Waals surface area contributed by atoms with Gasteiger partial charge >= 0.3 is 0 Å². The first-order chi connectivity index (χ1) is 8.43. The van der Waals surface area contributed by atoms with Crippen LogP contribution >= 0.6 is 0 Å². The van der Waals surface area contributed by atoms with Crippen molar-refractivity contribution in [2.75, 3.05) is 13.6 Å². The smallest absolute Gasteiger partial charge is 0.221 e. The van der Waals surface area contributed by atoms with E-state index < -0.39 is 0 Å². The summed E-state index contributed by atoms with van der Waals surface area (Å²) in [4.78, 5) is 11.7. The Morgan fingerprint density at radius 1 is 1.33 bits per heavy atom. The molecule has 0 unspecified atom stereocenters. The van der Waals surface area contributed by atoms with Gasteiger partial charge in [0.25, 0.3) is 0 Å². The molecule has 0 saturated heterocycles. The number of rotatable bonds is 6. The fraction of sp³-hybridized carbons (Fsp3) is 0.533. The van der Waals surface area contributed by atoms with E-state index in [4.69, 9.17) is 0 Å². The van der Waals surface area contributed by atoms with Crippen LogP contribution in [-0.4, -0.2) is 25.0 Å². The second kappa shape index (κ2) is 6.55. The lowest BCUT2D eigenvalue weighted by molar-refractivity contribution is -0.122. The largest absolute Gasteiger partial charge is 0.356 e. The predicted octanol–water partition coefficient (Wildman–Crippen LogP) is 2.04. The molecular formula is C15H24N2O. The summed E-state index contributed by atoms with van der Waals surface area (Å²) in [6, 6.07) is 8.38. The summed E-state index contributed by atoms with van der Waals surface area (Å²) < 4.78 is 0. The molecule has 1 rings (SSSR count). The van der Waals surface area contributed by atoms with E-state index in [0.717, 1.165) is 6.42 Å². The molecule has 0 bridgehead atoms. The number of hydrogen-bond acceptors (Lipinski definition) is 2. The molecule has 0 spiro atoms. The molecule has 0 radical (unpaired) electrons. The van der Waals surface area contributed by atoms with Crippen LogP contribution < -0.4 is 10.6 Å². The third-order valence-electron chi connectivity index (χ3n) is 3.10. The number of benzene rings is 1. The molecule has 0 aliphatic rings. The van der Waals surface area contributed by atoms with Gasteiger partial charge < -0.3 is 10.6 Å². The molecule has 0 aliphatic carbocycles. The SMILES string of the molecule is CNC(C)(C)CC(=O)NCCc1cccc(C)c1. The van der Waals surface area contributed by atoms with E-state index in [1.807, 2.05) is 20.9 Å². The second-order valence-corrected chi connectivity index (χ2v) is 5.40. The van der Waals surface area contributed by atoms with Crippen LogP contribution in [0.2, 0.25) is 0 Å². The Morgan fingerprint density at radius 2 is 2.06 bits per heavy atom. The van der Waals surface area contributed by atoms with Gasteiger partial charge in [0.15, 0.2) is 0 Å². The molecule has 0 fully saturated rings. The summed E-state index contributed by atoms with van der Waals surface area (Å²) in [6.07, 6.45) is 1.38. The monoisotopic (exact) mass is 248 g/mol. The molecule has 0 saturated carbocycles. The van der Waals surface area contributed by atoms with Gasteiger partial charge in [0.05, 0.1) is 0 Å². The van der Waals surface area contributed by atoms with E-state index in [1.54, 1.807) is 0 Å². The standard InChI is InChI=1S/C15H24N2O/c1-12-6-5-7-13(10-12)8-9-17-14(18)11-15(2,3)16-4/h5-7,10,16H,8-9,11H2,1-4H3,(H,17,18). The molecule has 0 heterocycles. The summed E-state index contributed by atoms with van der Waals surface area (Å²) in [5.41, 5.74) is 2.38. The van der Waals surface area contributed by atoms with Gasteiger partial charge in [0, 0.05) is 18.5 Å². The van der Waals surface area contributed by atoms with Crippen molar-refractivity contribution >= 4 is 5.91 Å². The van der Waals surface area contributed by atoms with Crippen molar-refractivity contribution < 1.29 is 4.79 Å². The summed E-state index contributed by atoms with van der Waals surface area (Å²) >= 11 is 0. The highest BCUT2D eigenvalue weighted by Crippen LogP contribution is 2.07. The zero-order valence-electron chi connectivity index (χ0n) is 11.8. The van der Waals surface area contributed by atoms with Gasteiger partial charge in [-0.3, -0.25) is 4.79 Å². The third-order valence-corrected chi connectivity index (χ3v) is 3.10. The zero-order valence-corrected chi connectivity index (χ0v) is 11.8. The van der Waals surface area contributed by atoms with E-state index in [1.165, 1.54) is 11.1 Å². The third kappa shape index (κ3) is 5.32. The Hall–Kier alpha value is -1.35. The molecule has 18 heavy (non-hydrogen) atoms. The molecule has 2 N–H and O–H groups in total. The van der Waals surface area contributed by atoms with Crippen LogP contribution in [0.25, 0.3) is 0 Å². The van der Waals surface area contributed by atoms with E-state index in [9.17, 15) is 4.79 Å². The van der Waals surface area contributed by atoms with E-state index in [2.05, 4.69) is 41.8 Å².